The van der Waals surface area contributed by atoms with E-state index in [-0.39, 0.29) is 17.9 Å². The van der Waals surface area contributed by atoms with Crippen molar-refractivity contribution in [2.24, 2.45) is 5.92 Å². The lowest BCUT2D eigenvalue weighted by molar-refractivity contribution is 0.0872. The van der Waals surface area contributed by atoms with E-state index in [1.54, 1.807) is 36.9 Å². The Labute approximate surface area is 156 Å². The fraction of sp³-hybridized carbons (Fsp3) is 0.368. The number of pyridine rings is 1. The number of nitrogens with one attached hydrogen (secondary N) is 1. The molecule has 4 rings (SSSR count). The number of aliphatic hydroxyl groups excluding tert-OH is 1. The van der Waals surface area contributed by atoms with Gasteiger partial charge in [0.2, 0.25) is 0 Å². The van der Waals surface area contributed by atoms with Gasteiger partial charge in [-0.3, -0.25) is 14.0 Å². The number of carbonyl (C=O) groups excluding carboxylic acids is 1. The molecule has 1 aliphatic rings. The number of nitrogens with zero attached hydrogens (tertiary/aromatic N) is 5. The smallest absolute Gasteiger partial charge is 0.251 e. The Balaban J connectivity index is 1.42. The molecule has 1 aliphatic carbocycles. The summed E-state index contributed by atoms with van der Waals surface area (Å²) < 4.78 is 3.69. The van der Waals surface area contributed by atoms with Crippen LogP contribution in [0.5, 0.6) is 0 Å². The van der Waals surface area contributed by atoms with Gasteiger partial charge in [-0.15, -0.1) is 0 Å². The van der Waals surface area contributed by atoms with Crippen molar-refractivity contribution >= 4 is 5.91 Å². The molecule has 3 aromatic rings. The van der Waals surface area contributed by atoms with E-state index < -0.39 is 6.10 Å². The predicted octanol–water partition coefficient (Wildman–Crippen LogP) is 1.34. The minimum Gasteiger partial charge on any atom is -0.391 e. The van der Waals surface area contributed by atoms with Crippen LogP contribution in [0.2, 0.25) is 0 Å². The topological polar surface area (TPSA) is 97.9 Å². The summed E-state index contributed by atoms with van der Waals surface area (Å²) in [6.07, 6.45) is 9.59. The molecular weight excluding hydrogens is 344 g/mol. The molecule has 140 valence electrons. The number of carbonyl (C=O) groups is 1. The number of amides is 1. The van der Waals surface area contributed by atoms with Crippen molar-refractivity contribution in [3.8, 4) is 5.82 Å². The molecule has 3 atom stereocenters. The van der Waals surface area contributed by atoms with Crippen molar-refractivity contribution in [2.45, 2.75) is 38.5 Å². The van der Waals surface area contributed by atoms with Gasteiger partial charge in [0.05, 0.1) is 12.1 Å². The number of rotatable bonds is 5. The van der Waals surface area contributed by atoms with Crippen molar-refractivity contribution in [3.05, 3.63) is 60.6 Å². The highest BCUT2D eigenvalue weighted by atomic mass is 16.3. The molecule has 8 heteroatoms. The Bertz CT molecular complexity index is 920. The van der Waals surface area contributed by atoms with Crippen molar-refractivity contribution in [1.29, 1.82) is 0 Å². The molecule has 3 aromatic heterocycles. The maximum absolute atomic E-state index is 12.7. The van der Waals surface area contributed by atoms with Crippen LogP contribution >= 0.6 is 0 Å². The third kappa shape index (κ3) is 3.75. The Kier molecular flexibility index (Phi) is 4.72. The normalized spacial score (nSPS) is 22.1. The molecule has 1 saturated carbocycles. The summed E-state index contributed by atoms with van der Waals surface area (Å²) >= 11 is 0. The summed E-state index contributed by atoms with van der Waals surface area (Å²) in [5.41, 5.74) is 0.510. The highest BCUT2D eigenvalue weighted by Gasteiger charge is 2.34. The molecule has 0 radical (unpaired) electrons. The first kappa shape index (κ1) is 17.4. The lowest BCUT2D eigenvalue weighted by Gasteiger charge is -2.17. The molecule has 0 aromatic carbocycles. The summed E-state index contributed by atoms with van der Waals surface area (Å²) in [7, 11) is 0. The molecule has 3 heterocycles. The third-order valence-corrected chi connectivity index (χ3v) is 5.03. The molecule has 27 heavy (non-hydrogen) atoms. The van der Waals surface area contributed by atoms with E-state index in [0.717, 1.165) is 18.8 Å². The second kappa shape index (κ2) is 7.32. The van der Waals surface area contributed by atoms with Crippen molar-refractivity contribution in [3.63, 3.8) is 0 Å². The minimum atomic E-state index is -0.549. The van der Waals surface area contributed by atoms with Gasteiger partial charge in [0.15, 0.2) is 0 Å². The maximum atomic E-state index is 12.7. The summed E-state index contributed by atoms with van der Waals surface area (Å²) in [6, 6.07) is 5.03. The average molecular weight is 366 g/mol. The van der Waals surface area contributed by atoms with Crippen LogP contribution in [0.25, 0.3) is 5.82 Å². The van der Waals surface area contributed by atoms with E-state index in [0.29, 0.717) is 17.8 Å². The largest absolute Gasteiger partial charge is 0.391 e. The zero-order chi connectivity index (χ0) is 18.8. The molecule has 0 saturated heterocycles. The van der Waals surface area contributed by atoms with E-state index in [2.05, 4.69) is 20.4 Å². The van der Waals surface area contributed by atoms with E-state index in [9.17, 15) is 9.90 Å². The quantitative estimate of drug-likeness (QED) is 0.710. The van der Waals surface area contributed by atoms with Crippen LogP contribution in [-0.4, -0.2) is 47.5 Å². The summed E-state index contributed by atoms with van der Waals surface area (Å²) in [6.45, 7) is 2.62. The van der Waals surface area contributed by atoms with Crippen LogP contribution in [0.3, 0.4) is 0 Å². The van der Waals surface area contributed by atoms with Gasteiger partial charge in [-0.2, -0.15) is 5.10 Å². The van der Waals surface area contributed by atoms with Gasteiger partial charge < -0.3 is 10.4 Å². The molecular formula is C19H22N6O2. The van der Waals surface area contributed by atoms with Gasteiger partial charge in [0.25, 0.3) is 5.91 Å². The van der Waals surface area contributed by atoms with Crippen LogP contribution in [0, 0.1) is 12.8 Å². The highest BCUT2D eigenvalue weighted by Crippen LogP contribution is 2.27. The van der Waals surface area contributed by atoms with Gasteiger partial charge in [-0.1, -0.05) is 0 Å². The molecule has 1 fully saturated rings. The van der Waals surface area contributed by atoms with Crippen molar-refractivity contribution in [2.75, 3.05) is 0 Å². The fourth-order valence-corrected chi connectivity index (χ4v) is 3.66. The third-order valence-electron chi connectivity index (χ3n) is 5.03. The van der Waals surface area contributed by atoms with Crippen LogP contribution in [0.15, 0.2) is 49.2 Å². The zero-order valence-electron chi connectivity index (χ0n) is 15.1. The molecule has 0 bridgehead atoms. The number of aromatic nitrogens is 5. The second-order valence-electron chi connectivity index (χ2n) is 6.96. The van der Waals surface area contributed by atoms with Gasteiger partial charge in [0.1, 0.15) is 11.6 Å². The van der Waals surface area contributed by atoms with Crippen LogP contribution in [0.4, 0.5) is 0 Å². The van der Waals surface area contributed by atoms with Crippen LogP contribution in [-0.2, 0) is 6.54 Å². The van der Waals surface area contributed by atoms with E-state index in [4.69, 9.17) is 0 Å². The number of imidazole rings is 1. The number of aryl methyl sites for hydroxylation is 1. The first-order valence-electron chi connectivity index (χ1n) is 9.03. The fourth-order valence-electron chi connectivity index (χ4n) is 3.66. The summed E-state index contributed by atoms with van der Waals surface area (Å²) in [4.78, 5) is 21.2. The monoisotopic (exact) mass is 366 g/mol. The van der Waals surface area contributed by atoms with Crippen LogP contribution in [0.1, 0.15) is 29.0 Å². The van der Waals surface area contributed by atoms with Crippen molar-refractivity contribution < 1.29 is 9.90 Å². The Morgan fingerprint density at radius 3 is 2.89 bits per heavy atom. The van der Waals surface area contributed by atoms with Gasteiger partial charge >= 0.3 is 0 Å². The standard InChI is InChI=1S/C19H22N6O2/c1-13-20-6-8-25(13)18-11-15(3-5-21-18)19(27)23-16-9-14(10-17(16)26)12-24-7-2-4-22-24/h2-8,11,14,16-17,26H,9-10,12H2,1H3,(H,23,27)/t14?,16-,17-/m1/s1. The van der Waals surface area contributed by atoms with Gasteiger partial charge in [-0.05, 0) is 43.9 Å². The predicted molar refractivity (Wildman–Crippen MR) is 98.3 cm³/mol. The molecule has 1 amide bonds. The summed E-state index contributed by atoms with van der Waals surface area (Å²) in [5.74, 6) is 1.51. The molecule has 0 spiro atoms. The zero-order valence-corrected chi connectivity index (χ0v) is 15.1. The average Bonchev–Trinajstić information content (AvgIpc) is 3.39. The van der Waals surface area contributed by atoms with Crippen LogP contribution < -0.4 is 5.32 Å². The summed E-state index contributed by atoms with van der Waals surface area (Å²) in [5, 5.41) is 17.5. The molecule has 2 N–H and O–H groups in total. The number of hydrogen-bond donors (Lipinski definition) is 2. The highest BCUT2D eigenvalue weighted by molar-refractivity contribution is 5.94. The molecule has 8 nitrogen and oxygen atoms in total. The maximum Gasteiger partial charge on any atom is 0.251 e. The van der Waals surface area contributed by atoms with E-state index in [1.807, 2.05) is 28.4 Å². The first-order chi connectivity index (χ1) is 13.1. The first-order valence-corrected chi connectivity index (χ1v) is 9.03. The SMILES string of the molecule is Cc1nccn1-c1cc(C(=O)N[C@@H]2CC(Cn3cccn3)C[C@H]2O)ccn1. The van der Waals surface area contributed by atoms with Gasteiger partial charge in [-0.25, -0.2) is 9.97 Å². The van der Waals surface area contributed by atoms with E-state index >= 15 is 0 Å². The molecule has 0 aliphatic heterocycles. The Morgan fingerprint density at radius 2 is 2.15 bits per heavy atom. The van der Waals surface area contributed by atoms with E-state index in [1.165, 1.54) is 0 Å². The second-order valence-corrected chi connectivity index (χ2v) is 6.96. The van der Waals surface area contributed by atoms with Crippen molar-refractivity contribution in [1.82, 2.24) is 29.6 Å². The number of hydrogen-bond acceptors (Lipinski definition) is 5. The minimum absolute atomic E-state index is 0.208. The molecule has 1 unspecified atom stereocenters. The Morgan fingerprint density at radius 1 is 1.26 bits per heavy atom. The number of aliphatic hydroxyl groups is 1. The van der Waals surface area contributed by atoms with Gasteiger partial charge in [0, 0.05) is 43.1 Å². The lowest BCUT2D eigenvalue weighted by Crippen LogP contribution is -2.40. The lowest BCUT2D eigenvalue weighted by atomic mass is 10.1. The Hall–Kier alpha value is -3.00.